The van der Waals surface area contributed by atoms with Gasteiger partial charge in [0.2, 0.25) is 0 Å². The molecule has 3 heterocycles. The van der Waals surface area contributed by atoms with Gasteiger partial charge in [-0.1, -0.05) is 37.3 Å². The summed E-state index contributed by atoms with van der Waals surface area (Å²) in [5, 5.41) is 2.97. The molecule has 0 unspecified atom stereocenters. The van der Waals surface area contributed by atoms with E-state index in [1.54, 1.807) is 6.08 Å². The Morgan fingerprint density at radius 3 is 2.85 bits per heavy atom. The van der Waals surface area contributed by atoms with E-state index in [0.717, 1.165) is 41.1 Å². The number of nitrogens with one attached hydrogen (secondary N) is 1. The molecule has 34 heavy (non-hydrogen) atoms. The molecular formula is C28H33N5O. The van der Waals surface area contributed by atoms with Crippen LogP contribution in [-0.4, -0.2) is 41.2 Å². The van der Waals surface area contributed by atoms with Gasteiger partial charge in [-0.15, -0.1) is 0 Å². The molecule has 6 heteroatoms. The molecule has 176 valence electrons. The van der Waals surface area contributed by atoms with Crippen molar-refractivity contribution in [3.63, 3.8) is 0 Å². The smallest absolute Gasteiger partial charge is 0.270 e. The molecule has 5 rings (SSSR count). The van der Waals surface area contributed by atoms with Crippen molar-refractivity contribution in [1.82, 2.24) is 15.1 Å². The number of fused-ring (bicyclic) bond motifs is 1. The molecule has 1 saturated carbocycles. The molecule has 2 fully saturated rings. The monoisotopic (exact) mass is 455 g/mol. The lowest BCUT2D eigenvalue weighted by Crippen LogP contribution is -2.59. The average molecular weight is 456 g/mol. The van der Waals surface area contributed by atoms with Crippen LogP contribution in [0.2, 0.25) is 0 Å². The lowest BCUT2D eigenvalue weighted by Gasteiger charge is -2.56. The van der Waals surface area contributed by atoms with Crippen LogP contribution in [0.1, 0.15) is 42.4 Å². The van der Waals surface area contributed by atoms with Crippen molar-refractivity contribution in [2.24, 2.45) is 16.1 Å². The van der Waals surface area contributed by atoms with E-state index in [1.165, 1.54) is 32.4 Å². The highest BCUT2D eigenvalue weighted by Gasteiger charge is 2.46. The largest absolute Gasteiger partial charge is 0.402 e. The number of amidine groups is 1. The van der Waals surface area contributed by atoms with Crippen LogP contribution >= 0.6 is 0 Å². The number of nitrogens with zero attached hydrogens (tertiary/aromatic N) is 3. The van der Waals surface area contributed by atoms with Crippen LogP contribution in [-0.2, 0) is 11.3 Å². The van der Waals surface area contributed by atoms with Crippen molar-refractivity contribution < 1.29 is 4.79 Å². The highest BCUT2D eigenvalue weighted by molar-refractivity contribution is 6.04. The number of benzene rings is 1. The van der Waals surface area contributed by atoms with Gasteiger partial charge in [-0.05, 0) is 72.6 Å². The van der Waals surface area contributed by atoms with Crippen molar-refractivity contribution >= 4 is 17.8 Å². The summed E-state index contributed by atoms with van der Waals surface area (Å²) in [7, 11) is 0. The second-order valence-electron chi connectivity index (χ2n) is 9.97. The van der Waals surface area contributed by atoms with Gasteiger partial charge in [0.15, 0.2) is 0 Å². The highest BCUT2D eigenvalue weighted by atomic mass is 16.2. The maximum absolute atomic E-state index is 12.7. The molecule has 1 aromatic carbocycles. The Labute approximate surface area is 201 Å². The van der Waals surface area contributed by atoms with Gasteiger partial charge in [0.05, 0.1) is 0 Å². The molecule has 4 aliphatic rings. The summed E-state index contributed by atoms with van der Waals surface area (Å²) in [4.78, 5) is 21.5. The summed E-state index contributed by atoms with van der Waals surface area (Å²) in [5.74, 6) is 0.484. The van der Waals surface area contributed by atoms with Gasteiger partial charge in [0, 0.05) is 43.8 Å². The topological polar surface area (TPSA) is 74.0 Å². The van der Waals surface area contributed by atoms with Crippen LogP contribution in [0, 0.1) is 12.3 Å². The normalized spacial score (nSPS) is 20.9. The predicted octanol–water partition coefficient (Wildman–Crippen LogP) is 3.98. The fraction of sp³-hybridized carbons (Fsp3) is 0.357. The molecule has 6 nitrogen and oxygen atoms in total. The summed E-state index contributed by atoms with van der Waals surface area (Å²) in [6, 6.07) is 6.22. The SMILES string of the molecule is C=C1C=C(C(=O)NCc2ccc(/C=C(\N)CCN3CC4(CCC4)C3)c(C)c2)N=C2C=CC=CN12. The molecule has 1 amide bonds. The zero-order valence-electron chi connectivity index (χ0n) is 19.9. The molecule has 3 N–H and O–H groups in total. The van der Waals surface area contributed by atoms with E-state index in [9.17, 15) is 4.79 Å². The minimum Gasteiger partial charge on any atom is -0.402 e. The number of hydrogen-bond donors (Lipinski definition) is 2. The van der Waals surface area contributed by atoms with E-state index in [-0.39, 0.29) is 5.91 Å². The molecule has 1 aromatic rings. The Kier molecular flexibility index (Phi) is 6.00. The Hall–Kier alpha value is -3.38. The minimum absolute atomic E-state index is 0.211. The van der Waals surface area contributed by atoms with Gasteiger partial charge in [-0.25, -0.2) is 4.99 Å². The fourth-order valence-electron chi connectivity index (χ4n) is 5.16. The number of aliphatic imine (C=N–C) groups is 1. The zero-order valence-corrected chi connectivity index (χ0v) is 19.9. The lowest BCUT2D eigenvalue weighted by molar-refractivity contribution is -0.117. The Bertz CT molecular complexity index is 1160. The number of amides is 1. The summed E-state index contributed by atoms with van der Waals surface area (Å²) in [5.41, 5.74) is 12.3. The van der Waals surface area contributed by atoms with E-state index in [0.29, 0.717) is 23.5 Å². The molecule has 0 aromatic heterocycles. The first-order valence-electron chi connectivity index (χ1n) is 12.1. The first-order chi connectivity index (χ1) is 16.4. The number of carbonyl (C=O) groups excluding carboxylic acids is 1. The van der Waals surface area contributed by atoms with Crippen LogP contribution < -0.4 is 11.1 Å². The summed E-state index contributed by atoms with van der Waals surface area (Å²) >= 11 is 0. The van der Waals surface area contributed by atoms with E-state index in [4.69, 9.17) is 5.73 Å². The Morgan fingerprint density at radius 1 is 1.29 bits per heavy atom. The van der Waals surface area contributed by atoms with Gasteiger partial charge in [-0.2, -0.15) is 0 Å². The number of nitrogens with two attached hydrogens (primary N) is 1. The minimum atomic E-state index is -0.211. The third-order valence-electron chi connectivity index (χ3n) is 7.30. The van der Waals surface area contributed by atoms with Crippen LogP contribution in [0.3, 0.4) is 0 Å². The maximum atomic E-state index is 12.7. The first-order valence-corrected chi connectivity index (χ1v) is 12.1. The van der Waals surface area contributed by atoms with Crippen LogP contribution in [0.25, 0.3) is 6.08 Å². The van der Waals surface area contributed by atoms with E-state index in [1.807, 2.05) is 35.4 Å². The van der Waals surface area contributed by atoms with E-state index in [2.05, 4.69) is 46.9 Å². The zero-order chi connectivity index (χ0) is 23.7. The van der Waals surface area contributed by atoms with Crippen LogP contribution in [0.4, 0.5) is 0 Å². The summed E-state index contributed by atoms with van der Waals surface area (Å²) in [6.07, 6.45) is 16.5. The van der Waals surface area contributed by atoms with Crippen LogP contribution in [0.15, 0.2) is 77.4 Å². The van der Waals surface area contributed by atoms with Gasteiger partial charge >= 0.3 is 0 Å². The molecule has 1 spiro atoms. The number of allylic oxidation sites excluding steroid dienone is 3. The molecular weight excluding hydrogens is 422 g/mol. The van der Waals surface area contributed by atoms with Gasteiger partial charge in [0.1, 0.15) is 11.5 Å². The molecule has 0 bridgehead atoms. The lowest BCUT2D eigenvalue weighted by atomic mass is 9.63. The number of aryl methyl sites for hydroxylation is 1. The Morgan fingerprint density at radius 2 is 2.12 bits per heavy atom. The van der Waals surface area contributed by atoms with E-state index >= 15 is 0 Å². The first kappa shape index (κ1) is 22.4. The maximum Gasteiger partial charge on any atom is 0.270 e. The predicted molar refractivity (Wildman–Crippen MR) is 137 cm³/mol. The average Bonchev–Trinajstić information content (AvgIpc) is 2.77. The van der Waals surface area contributed by atoms with Crippen LogP contribution in [0.5, 0.6) is 0 Å². The van der Waals surface area contributed by atoms with Crippen molar-refractivity contribution in [3.05, 3.63) is 89.1 Å². The second-order valence-corrected chi connectivity index (χ2v) is 9.97. The second kappa shape index (κ2) is 9.11. The Balaban J connectivity index is 1.13. The number of hydrogen-bond acceptors (Lipinski definition) is 5. The molecule has 0 atom stereocenters. The van der Waals surface area contributed by atoms with Crippen molar-refractivity contribution in [2.45, 2.75) is 39.2 Å². The van der Waals surface area contributed by atoms with E-state index < -0.39 is 0 Å². The molecule has 1 saturated heterocycles. The third kappa shape index (κ3) is 4.64. The fourth-order valence-corrected chi connectivity index (χ4v) is 5.16. The van der Waals surface area contributed by atoms with Crippen molar-refractivity contribution in [2.75, 3.05) is 19.6 Å². The van der Waals surface area contributed by atoms with Gasteiger partial charge in [0.25, 0.3) is 5.91 Å². The van der Waals surface area contributed by atoms with Gasteiger partial charge < -0.3 is 20.9 Å². The summed E-state index contributed by atoms with van der Waals surface area (Å²) in [6.45, 7) is 10.1. The number of likely N-dealkylation sites (tertiary alicyclic amines) is 1. The molecule has 0 radical (unpaired) electrons. The van der Waals surface area contributed by atoms with Crippen molar-refractivity contribution in [1.29, 1.82) is 0 Å². The van der Waals surface area contributed by atoms with Crippen molar-refractivity contribution in [3.8, 4) is 0 Å². The number of rotatable bonds is 7. The standard InChI is InChI=1S/C28H33N5O/c1-20-14-22(17-30-27(34)25-15-21(2)33-12-4-3-6-26(33)31-25)7-8-23(20)16-24(29)9-13-32-18-28(19-32)10-5-11-28/h3-4,6-8,12,14-16H,2,5,9-11,13,17-19,29H2,1H3,(H,30,34)/b24-16-. The number of carbonyl (C=O) groups is 1. The highest BCUT2D eigenvalue weighted by Crippen LogP contribution is 2.48. The quantitative estimate of drug-likeness (QED) is 0.652. The molecule has 3 aliphatic heterocycles. The van der Waals surface area contributed by atoms with Gasteiger partial charge in [-0.3, -0.25) is 4.79 Å². The third-order valence-corrected chi connectivity index (χ3v) is 7.30. The summed E-state index contributed by atoms with van der Waals surface area (Å²) < 4.78 is 0. The molecule has 1 aliphatic carbocycles.